The van der Waals surface area contributed by atoms with E-state index in [9.17, 15) is 13.2 Å². The zero-order chi connectivity index (χ0) is 58.2. The number of alkyl halides is 3. The molecule has 13 aromatic carbocycles. The second kappa shape index (κ2) is 17.8. The summed E-state index contributed by atoms with van der Waals surface area (Å²) >= 11 is 0. The summed E-state index contributed by atoms with van der Waals surface area (Å²) in [4.78, 5) is 4.23. The lowest BCUT2D eigenvalue weighted by atomic mass is 9.65. The molecule has 5 nitrogen and oxygen atoms in total. The third-order valence-corrected chi connectivity index (χ3v) is 18.4. The number of hydrogen-bond acceptors (Lipinski definition) is 4. The Morgan fingerprint density at radius 1 is 0.368 bits per heavy atom. The van der Waals surface area contributed by atoms with Crippen molar-refractivity contribution in [2.75, 3.05) is 9.80 Å². The number of anilines is 6. The number of aryl methyl sites for hydroxylation is 1. The molecule has 1 unspecified atom stereocenters. The van der Waals surface area contributed by atoms with Crippen LogP contribution in [0.1, 0.15) is 33.4 Å². The third-order valence-electron chi connectivity index (χ3n) is 18.4. The minimum Gasteiger partial charge on any atom is -0.451 e. The number of hydrogen-bond donors (Lipinski definition) is 0. The van der Waals surface area contributed by atoms with Crippen LogP contribution in [0, 0.1) is 18.6 Å². The molecule has 1 atom stereocenters. The van der Waals surface area contributed by atoms with Gasteiger partial charge in [0.05, 0.1) is 50.4 Å². The SMILES string of the molecule is Cc1ccc(N(c2cc3c(c4ccccc24)-c2c(cc(N(c4ccc(C(F)(F)F)cc4)c4cccc5c4oc4c(F)cccc45)c4ccccc24)C32c3ccccc3-n3c4ccccc4c4cccc2c43)c2cccc3c2oc2c(F)cccc23)cc1. The van der Waals surface area contributed by atoms with Gasteiger partial charge in [-0.3, -0.25) is 0 Å². The Hall–Kier alpha value is -11.0. The van der Waals surface area contributed by atoms with Crippen molar-refractivity contribution in [3.05, 3.63) is 294 Å². The molecule has 0 saturated heterocycles. The molecule has 4 heterocycles. The van der Waals surface area contributed by atoms with E-state index in [2.05, 4.69) is 156 Å². The second-order valence-corrected chi connectivity index (χ2v) is 22.8. The second-order valence-electron chi connectivity index (χ2n) is 22.8. The Balaban J connectivity index is 1.02. The molecule has 0 saturated carbocycles. The van der Waals surface area contributed by atoms with Crippen molar-refractivity contribution in [1.29, 1.82) is 0 Å². The predicted molar refractivity (Wildman–Crippen MR) is 340 cm³/mol. The topological polar surface area (TPSA) is 37.7 Å². The summed E-state index contributed by atoms with van der Waals surface area (Å²) in [6.07, 6.45) is -4.61. The van der Waals surface area contributed by atoms with Crippen LogP contribution < -0.4 is 9.80 Å². The Morgan fingerprint density at radius 2 is 0.793 bits per heavy atom. The third kappa shape index (κ3) is 6.66. The van der Waals surface area contributed by atoms with Gasteiger partial charge in [-0.2, -0.15) is 13.2 Å². The van der Waals surface area contributed by atoms with Crippen molar-refractivity contribution in [2.24, 2.45) is 0 Å². The quantitative estimate of drug-likeness (QED) is 0.156. The smallest absolute Gasteiger partial charge is 0.416 e. The van der Waals surface area contributed by atoms with E-state index in [4.69, 9.17) is 8.83 Å². The number of furan rings is 2. The summed E-state index contributed by atoms with van der Waals surface area (Å²) in [6.45, 7) is 2.07. The first-order valence-corrected chi connectivity index (χ1v) is 28.9. The Labute approximate surface area is 493 Å². The zero-order valence-electron chi connectivity index (χ0n) is 46.2. The summed E-state index contributed by atoms with van der Waals surface area (Å²) < 4.78 is 91.5. The van der Waals surface area contributed by atoms with Crippen molar-refractivity contribution >= 4 is 121 Å². The minimum atomic E-state index is -4.61. The average molecular weight is 1140 g/mol. The van der Waals surface area contributed by atoms with E-state index in [0.29, 0.717) is 50.1 Å². The molecule has 10 heteroatoms. The van der Waals surface area contributed by atoms with Crippen LogP contribution in [0.5, 0.6) is 0 Å². The number of halogens is 5. The molecule has 16 aromatic rings. The van der Waals surface area contributed by atoms with Crippen molar-refractivity contribution in [3.63, 3.8) is 0 Å². The summed E-state index contributed by atoms with van der Waals surface area (Å²) in [6, 6.07) is 80.4. The molecule has 1 spiro atoms. The van der Waals surface area contributed by atoms with Gasteiger partial charge in [0.1, 0.15) is 0 Å². The molecule has 0 N–H and O–H groups in total. The predicted octanol–water partition coefficient (Wildman–Crippen LogP) is 22.1. The lowest BCUT2D eigenvalue weighted by Gasteiger charge is -2.40. The molecule has 0 radical (unpaired) electrons. The van der Waals surface area contributed by atoms with Crippen molar-refractivity contribution in [1.82, 2.24) is 4.57 Å². The first-order valence-electron chi connectivity index (χ1n) is 28.9. The Bertz CT molecular complexity index is 5640. The molecule has 0 fully saturated rings. The zero-order valence-corrected chi connectivity index (χ0v) is 46.2. The van der Waals surface area contributed by atoms with Gasteiger partial charge in [0.15, 0.2) is 34.0 Å². The fourth-order valence-corrected chi connectivity index (χ4v) is 14.8. The molecule has 2 aliphatic rings. The number of nitrogens with zero attached hydrogens (tertiary/aromatic N) is 3. The lowest BCUT2D eigenvalue weighted by Crippen LogP contribution is -2.34. The number of para-hydroxylation sites is 7. The van der Waals surface area contributed by atoms with E-state index >= 15 is 8.78 Å². The normalized spacial score (nSPS) is 14.4. The van der Waals surface area contributed by atoms with Gasteiger partial charge in [-0.1, -0.05) is 169 Å². The van der Waals surface area contributed by atoms with Gasteiger partial charge in [-0.15, -0.1) is 0 Å². The van der Waals surface area contributed by atoms with E-state index in [-0.39, 0.29) is 11.2 Å². The van der Waals surface area contributed by atoms with Crippen LogP contribution >= 0.6 is 0 Å². The fraction of sp³-hybridized carbons (Fsp3) is 0.0390. The molecule has 1 aliphatic heterocycles. The summed E-state index contributed by atoms with van der Waals surface area (Å²) in [7, 11) is 0. The molecule has 0 amide bonds. The van der Waals surface area contributed by atoms with Crippen LogP contribution in [0.4, 0.5) is 56.1 Å². The summed E-state index contributed by atoms with van der Waals surface area (Å²) in [5.41, 5.74) is 13.4. The molecule has 3 aromatic heterocycles. The van der Waals surface area contributed by atoms with E-state index in [1.54, 1.807) is 12.1 Å². The molecule has 18 rings (SSSR count). The number of fused-ring (bicyclic) bond motifs is 22. The van der Waals surface area contributed by atoms with Crippen LogP contribution in [0.3, 0.4) is 0 Å². The molecule has 87 heavy (non-hydrogen) atoms. The number of aromatic nitrogens is 1. The highest BCUT2D eigenvalue weighted by molar-refractivity contribution is 6.22. The van der Waals surface area contributed by atoms with E-state index < -0.39 is 28.8 Å². The van der Waals surface area contributed by atoms with Crippen LogP contribution in [-0.2, 0) is 11.6 Å². The number of benzene rings is 13. The largest absolute Gasteiger partial charge is 0.451 e. The number of rotatable bonds is 6. The van der Waals surface area contributed by atoms with Crippen LogP contribution in [0.25, 0.3) is 104 Å². The van der Waals surface area contributed by atoms with E-state index in [0.717, 1.165) is 117 Å². The van der Waals surface area contributed by atoms with Crippen LogP contribution in [0.2, 0.25) is 0 Å². The van der Waals surface area contributed by atoms with Gasteiger partial charge in [-0.05, 0) is 136 Å². The highest BCUT2D eigenvalue weighted by Gasteiger charge is 2.53. The van der Waals surface area contributed by atoms with Crippen LogP contribution in [-0.4, -0.2) is 4.57 Å². The van der Waals surface area contributed by atoms with Gasteiger partial charge in [0, 0.05) is 54.5 Å². The lowest BCUT2D eigenvalue weighted by molar-refractivity contribution is -0.137. The van der Waals surface area contributed by atoms with E-state index in [1.807, 2.05) is 65.6 Å². The maximum absolute atomic E-state index is 15.9. The average Bonchev–Trinajstić information content (AvgIpc) is 1.51. The minimum absolute atomic E-state index is 0.0777. The first kappa shape index (κ1) is 49.5. The Kier molecular flexibility index (Phi) is 10.1. The van der Waals surface area contributed by atoms with Gasteiger partial charge in [0.2, 0.25) is 0 Å². The molecule has 0 bridgehead atoms. The molecule has 414 valence electrons. The monoisotopic (exact) mass is 1140 g/mol. The van der Waals surface area contributed by atoms with Crippen molar-refractivity contribution in [2.45, 2.75) is 18.5 Å². The van der Waals surface area contributed by atoms with Crippen molar-refractivity contribution < 1.29 is 30.8 Å². The van der Waals surface area contributed by atoms with E-state index in [1.165, 1.54) is 24.3 Å². The van der Waals surface area contributed by atoms with Gasteiger partial charge in [-0.25, -0.2) is 8.78 Å². The van der Waals surface area contributed by atoms with Gasteiger partial charge < -0.3 is 23.2 Å². The molecular weight excluding hydrogens is 1090 g/mol. The van der Waals surface area contributed by atoms with Gasteiger partial charge in [0.25, 0.3) is 0 Å². The highest BCUT2D eigenvalue weighted by atomic mass is 19.4. The fourth-order valence-electron chi connectivity index (χ4n) is 14.8. The first-order chi connectivity index (χ1) is 42.6. The highest BCUT2D eigenvalue weighted by Crippen LogP contribution is 2.66. The Morgan fingerprint density at radius 3 is 1.34 bits per heavy atom. The summed E-state index contributed by atoms with van der Waals surface area (Å²) in [5.74, 6) is -0.981. The standard InChI is InChI=1S/C77H44F5N3O2/c1-43-33-37-45(38-34-43)83(65-31-13-23-55-53-21-11-27-61(78)72(53)86-74(55)65)67-41-59-69(50-18-4-2-15-47(50)67)70-51-19-5-3-16-48(51)68(42-60(70)76(59)57-25-7-9-30-64(57)85-63-29-8-6-17-49(63)52-20-10-26-58(76)71(52)85)84(46-39-35-44(36-40-46)77(80,81)82)66-32-14-24-56-54-22-12-28-62(79)73(54)87-75(56)66/h2-42H,1H3. The maximum Gasteiger partial charge on any atom is 0.416 e. The van der Waals surface area contributed by atoms with Crippen LogP contribution in [0.15, 0.2) is 258 Å². The molecule has 1 aliphatic carbocycles. The molecular formula is C77H44F5N3O2. The maximum atomic E-state index is 15.9. The van der Waals surface area contributed by atoms with Gasteiger partial charge >= 0.3 is 6.18 Å². The van der Waals surface area contributed by atoms with Crippen molar-refractivity contribution in [3.8, 4) is 16.8 Å². The summed E-state index contributed by atoms with van der Waals surface area (Å²) in [5, 5.41) is 8.48.